The average Bonchev–Trinajstić information content (AvgIpc) is 2.82. The number of amides is 1. The molecule has 4 rings (SSSR count). The zero-order valence-electron chi connectivity index (χ0n) is 16.4. The molecule has 0 radical (unpaired) electrons. The van der Waals surface area contributed by atoms with Crippen LogP contribution in [0.15, 0.2) is 73.3 Å². The average molecular weight is 400 g/mol. The third kappa shape index (κ3) is 4.35. The van der Waals surface area contributed by atoms with Crippen molar-refractivity contribution in [3.8, 4) is 22.6 Å². The molecule has 0 saturated carbocycles. The van der Waals surface area contributed by atoms with Crippen molar-refractivity contribution >= 4 is 16.8 Å². The highest BCUT2D eigenvalue weighted by molar-refractivity contribution is 6.00. The van der Waals surface area contributed by atoms with E-state index in [1.54, 1.807) is 44.0 Å². The summed E-state index contributed by atoms with van der Waals surface area (Å²) in [6.07, 6.45) is 6.85. The van der Waals surface area contributed by atoms with Gasteiger partial charge in [0.15, 0.2) is 0 Å². The SMILES string of the molecule is COc1ccc(OCCNC(=O)c2cc(-c3ccncc3)c3cnccc3n2)cc1. The van der Waals surface area contributed by atoms with Gasteiger partial charge < -0.3 is 14.8 Å². The first-order valence-electron chi connectivity index (χ1n) is 9.45. The number of ether oxygens (including phenoxy) is 2. The number of nitrogens with one attached hydrogen (secondary N) is 1. The fourth-order valence-corrected chi connectivity index (χ4v) is 3.05. The van der Waals surface area contributed by atoms with Crippen molar-refractivity contribution in [1.82, 2.24) is 20.3 Å². The summed E-state index contributed by atoms with van der Waals surface area (Å²) in [6.45, 7) is 0.693. The summed E-state index contributed by atoms with van der Waals surface area (Å²) in [5.41, 5.74) is 2.88. The van der Waals surface area contributed by atoms with E-state index < -0.39 is 0 Å². The van der Waals surface area contributed by atoms with Gasteiger partial charge in [-0.2, -0.15) is 0 Å². The summed E-state index contributed by atoms with van der Waals surface area (Å²) in [7, 11) is 1.61. The van der Waals surface area contributed by atoms with Crippen LogP contribution in [-0.2, 0) is 0 Å². The molecule has 0 spiro atoms. The standard InChI is InChI=1S/C23H20N4O3/c1-29-17-2-4-18(5-3-17)30-13-12-26-23(28)22-14-19(16-6-9-24-10-7-16)20-15-25-11-8-21(20)27-22/h2-11,14-15H,12-13H2,1H3,(H,26,28). The molecule has 0 saturated heterocycles. The number of aromatic nitrogens is 3. The fraction of sp³-hybridized carbons (Fsp3) is 0.130. The maximum Gasteiger partial charge on any atom is 0.270 e. The quantitative estimate of drug-likeness (QED) is 0.478. The van der Waals surface area contributed by atoms with Crippen LogP contribution in [0, 0.1) is 0 Å². The van der Waals surface area contributed by atoms with Crippen LogP contribution in [0.25, 0.3) is 22.0 Å². The van der Waals surface area contributed by atoms with Gasteiger partial charge in [-0.3, -0.25) is 14.8 Å². The number of rotatable bonds is 7. The molecule has 1 amide bonds. The molecule has 150 valence electrons. The third-order valence-corrected chi connectivity index (χ3v) is 4.55. The van der Waals surface area contributed by atoms with Gasteiger partial charge in [-0.25, -0.2) is 4.98 Å². The van der Waals surface area contributed by atoms with E-state index in [9.17, 15) is 4.79 Å². The van der Waals surface area contributed by atoms with Gasteiger partial charge in [0.2, 0.25) is 0 Å². The predicted molar refractivity (Wildman–Crippen MR) is 114 cm³/mol. The molecule has 0 aliphatic heterocycles. The number of methoxy groups -OCH3 is 1. The van der Waals surface area contributed by atoms with E-state index >= 15 is 0 Å². The van der Waals surface area contributed by atoms with E-state index in [4.69, 9.17) is 9.47 Å². The normalized spacial score (nSPS) is 10.6. The summed E-state index contributed by atoms with van der Waals surface area (Å²) in [5.74, 6) is 1.21. The predicted octanol–water partition coefficient (Wildman–Crippen LogP) is 3.51. The van der Waals surface area contributed by atoms with Crippen LogP contribution in [0.1, 0.15) is 10.5 Å². The zero-order valence-corrected chi connectivity index (χ0v) is 16.4. The highest BCUT2D eigenvalue weighted by Gasteiger charge is 2.13. The number of pyridine rings is 3. The Bertz CT molecular complexity index is 1150. The fourth-order valence-electron chi connectivity index (χ4n) is 3.05. The highest BCUT2D eigenvalue weighted by Crippen LogP contribution is 2.27. The lowest BCUT2D eigenvalue weighted by atomic mass is 10.0. The van der Waals surface area contributed by atoms with Gasteiger partial charge in [0.1, 0.15) is 23.8 Å². The Balaban J connectivity index is 1.46. The molecule has 0 atom stereocenters. The van der Waals surface area contributed by atoms with Crippen LogP contribution in [0.2, 0.25) is 0 Å². The van der Waals surface area contributed by atoms with E-state index in [2.05, 4.69) is 20.3 Å². The van der Waals surface area contributed by atoms with Crippen molar-refractivity contribution in [2.24, 2.45) is 0 Å². The Morgan fingerprint density at radius 2 is 1.70 bits per heavy atom. The third-order valence-electron chi connectivity index (χ3n) is 4.55. The highest BCUT2D eigenvalue weighted by atomic mass is 16.5. The minimum atomic E-state index is -0.262. The monoisotopic (exact) mass is 400 g/mol. The summed E-state index contributed by atoms with van der Waals surface area (Å²) in [6, 6.07) is 14.6. The number of carbonyl (C=O) groups excluding carboxylic acids is 1. The largest absolute Gasteiger partial charge is 0.497 e. The summed E-state index contributed by atoms with van der Waals surface area (Å²) < 4.78 is 10.8. The van der Waals surface area contributed by atoms with E-state index in [-0.39, 0.29) is 5.91 Å². The minimum absolute atomic E-state index is 0.262. The Kier molecular flexibility index (Phi) is 5.80. The lowest BCUT2D eigenvalue weighted by Crippen LogP contribution is -2.28. The van der Waals surface area contributed by atoms with Gasteiger partial charge in [-0.05, 0) is 59.7 Å². The van der Waals surface area contributed by atoms with Crippen molar-refractivity contribution in [1.29, 1.82) is 0 Å². The molecule has 0 aliphatic carbocycles. The number of fused-ring (bicyclic) bond motifs is 1. The minimum Gasteiger partial charge on any atom is -0.497 e. The van der Waals surface area contributed by atoms with Crippen molar-refractivity contribution in [3.05, 3.63) is 79.0 Å². The molecule has 30 heavy (non-hydrogen) atoms. The smallest absolute Gasteiger partial charge is 0.270 e. The Morgan fingerprint density at radius 1 is 0.967 bits per heavy atom. The molecular formula is C23H20N4O3. The lowest BCUT2D eigenvalue weighted by molar-refractivity contribution is 0.0942. The Morgan fingerprint density at radius 3 is 2.47 bits per heavy atom. The van der Waals surface area contributed by atoms with Gasteiger partial charge in [0.05, 0.1) is 19.2 Å². The summed E-state index contributed by atoms with van der Waals surface area (Å²) in [5, 5.41) is 3.73. The van der Waals surface area contributed by atoms with Gasteiger partial charge >= 0.3 is 0 Å². The first kappa shape index (κ1) is 19.3. The van der Waals surface area contributed by atoms with Gasteiger partial charge in [0, 0.05) is 30.2 Å². The van der Waals surface area contributed by atoms with E-state index in [0.717, 1.165) is 22.3 Å². The van der Waals surface area contributed by atoms with Crippen molar-refractivity contribution < 1.29 is 14.3 Å². The van der Waals surface area contributed by atoms with Gasteiger partial charge in [0.25, 0.3) is 5.91 Å². The van der Waals surface area contributed by atoms with E-state index in [0.29, 0.717) is 30.1 Å². The van der Waals surface area contributed by atoms with E-state index in [1.165, 1.54) is 0 Å². The van der Waals surface area contributed by atoms with Gasteiger partial charge in [-0.1, -0.05) is 0 Å². The number of carbonyl (C=O) groups is 1. The molecule has 7 heteroatoms. The van der Waals surface area contributed by atoms with Crippen LogP contribution in [0.3, 0.4) is 0 Å². The number of benzene rings is 1. The molecule has 0 aliphatic rings. The molecule has 1 N–H and O–H groups in total. The molecule has 4 aromatic rings. The number of hydrogen-bond donors (Lipinski definition) is 1. The lowest BCUT2D eigenvalue weighted by Gasteiger charge is -2.11. The van der Waals surface area contributed by atoms with Crippen molar-refractivity contribution in [2.75, 3.05) is 20.3 Å². The van der Waals surface area contributed by atoms with Crippen LogP contribution >= 0.6 is 0 Å². The molecule has 0 unspecified atom stereocenters. The van der Waals surface area contributed by atoms with Crippen LogP contribution < -0.4 is 14.8 Å². The maximum atomic E-state index is 12.7. The molecule has 3 aromatic heterocycles. The molecular weight excluding hydrogens is 380 g/mol. The Hall–Kier alpha value is -4.00. The number of nitrogens with zero attached hydrogens (tertiary/aromatic N) is 3. The number of hydrogen-bond acceptors (Lipinski definition) is 6. The second-order valence-electron chi connectivity index (χ2n) is 6.46. The van der Waals surface area contributed by atoms with E-state index in [1.807, 2.05) is 36.4 Å². The molecule has 7 nitrogen and oxygen atoms in total. The van der Waals surface area contributed by atoms with Crippen molar-refractivity contribution in [3.63, 3.8) is 0 Å². The van der Waals surface area contributed by atoms with Crippen LogP contribution in [-0.4, -0.2) is 41.1 Å². The summed E-state index contributed by atoms with van der Waals surface area (Å²) in [4.78, 5) is 25.4. The second-order valence-corrected chi connectivity index (χ2v) is 6.46. The molecule has 0 fully saturated rings. The Labute approximate surface area is 173 Å². The van der Waals surface area contributed by atoms with Gasteiger partial charge in [-0.15, -0.1) is 0 Å². The first-order valence-corrected chi connectivity index (χ1v) is 9.45. The topological polar surface area (TPSA) is 86.2 Å². The first-order chi connectivity index (χ1) is 14.7. The van der Waals surface area contributed by atoms with Crippen molar-refractivity contribution in [2.45, 2.75) is 0 Å². The summed E-state index contributed by atoms with van der Waals surface area (Å²) >= 11 is 0. The van der Waals surface area contributed by atoms with Crippen LogP contribution in [0.5, 0.6) is 11.5 Å². The van der Waals surface area contributed by atoms with Crippen LogP contribution in [0.4, 0.5) is 0 Å². The molecule has 3 heterocycles. The molecule has 1 aromatic carbocycles. The zero-order chi connectivity index (χ0) is 20.8. The second kappa shape index (κ2) is 9.00. The molecule has 0 bridgehead atoms. The maximum absolute atomic E-state index is 12.7.